The maximum Gasteiger partial charge on any atom is 0.337 e. The van der Waals surface area contributed by atoms with Crippen LogP contribution in [0.4, 0.5) is 4.39 Å². The summed E-state index contributed by atoms with van der Waals surface area (Å²) in [4.78, 5) is 30.4. The number of halogens is 1. The summed E-state index contributed by atoms with van der Waals surface area (Å²) in [5.74, 6) is -0.423. The second-order valence-electron chi connectivity index (χ2n) is 5.28. The molecule has 0 radical (unpaired) electrons. The average molecular weight is 330 g/mol. The fourth-order valence-electron chi connectivity index (χ4n) is 2.50. The van der Waals surface area contributed by atoms with Crippen LogP contribution in [-0.4, -0.2) is 9.97 Å². The Morgan fingerprint density at radius 3 is 2.79 bits per heavy atom. The Kier molecular flexibility index (Phi) is 4.16. The van der Waals surface area contributed by atoms with E-state index in [1.54, 1.807) is 25.1 Å². The molecule has 0 aliphatic carbocycles. The van der Waals surface area contributed by atoms with Crippen LogP contribution in [-0.2, 0) is 6.42 Å². The maximum absolute atomic E-state index is 13.8. The molecular formula is C17H15FN2O4. The van der Waals surface area contributed by atoms with E-state index in [0.29, 0.717) is 17.5 Å². The largest absolute Gasteiger partial charge is 0.457 e. The van der Waals surface area contributed by atoms with Gasteiger partial charge in [-0.15, -0.1) is 0 Å². The molecule has 0 unspecified atom stereocenters. The molecule has 2 aromatic heterocycles. The van der Waals surface area contributed by atoms with Gasteiger partial charge in [-0.2, -0.15) is 4.98 Å². The molecule has 0 fully saturated rings. The summed E-state index contributed by atoms with van der Waals surface area (Å²) in [5, 5.41) is 0.211. The van der Waals surface area contributed by atoms with Gasteiger partial charge >= 0.3 is 5.63 Å². The third kappa shape index (κ3) is 2.92. The highest BCUT2D eigenvalue weighted by Gasteiger charge is 2.16. The third-order valence-corrected chi connectivity index (χ3v) is 3.69. The van der Waals surface area contributed by atoms with Crippen LogP contribution in [0.5, 0.6) is 6.01 Å². The van der Waals surface area contributed by atoms with Crippen molar-refractivity contribution >= 4 is 11.1 Å². The van der Waals surface area contributed by atoms with E-state index in [9.17, 15) is 14.0 Å². The van der Waals surface area contributed by atoms with Crippen LogP contribution in [0.25, 0.3) is 11.1 Å². The second kappa shape index (κ2) is 6.27. The molecule has 0 aliphatic rings. The van der Waals surface area contributed by atoms with Gasteiger partial charge < -0.3 is 9.15 Å². The molecule has 0 amide bonds. The normalized spacial score (nSPS) is 12.3. The average Bonchev–Trinajstić information content (AvgIpc) is 2.53. The zero-order chi connectivity index (χ0) is 17.3. The highest BCUT2D eigenvalue weighted by atomic mass is 19.1. The Morgan fingerprint density at radius 1 is 1.33 bits per heavy atom. The Bertz CT molecular complexity index is 1010. The van der Waals surface area contributed by atoms with Gasteiger partial charge in [-0.3, -0.25) is 9.78 Å². The fourth-order valence-corrected chi connectivity index (χ4v) is 2.50. The van der Waals surface area contributed by atoms with Crippen molar-refractivity contribution in [3.8, 4) is 6.01 Å². The van der Waals surface area contributed by atoms with Crippen LogP contribution < -0.4 is 15.9 Å². The summed E-state index contributed by atoms with van der Waals surface area (Å²) >= 11 is 0. The summed E-state index contributed by atoms with van der Waals surface area (Å²) in [5.41, 5.74) is -0.298. The molecule has 3 aromatic rings. The minimum Gasteiger partial charge on any atom is -0.457 e. The van der Waals surface area contributed by atoms with Crippen LogP contribution in [0.3, 0.4) is 0 Å². The molecule has 1 aromatic carbocycles. The maximum atomic E-state index is 13.8. The van der Waals surface area contributed by atoms with E-state index in [2.05, 4.69) is 9.97 Å². The van der Waals surface area contributed by atoms with Gasteiger partial charge in [0.15, 0.2) is 0 Å². The van der Waals surface area contributed by atoms with Gasteiger partial charge in [0.1, 0.15) is 17.3 Å². The molecule has 0 saturated carbocycles. The number of rotatable bonds is 4. The van der Waals surface area contributed by atoms with E-state index in [4.69, 9.17) is 9.15 Å². The molecule has 24 heavy (non-hydrogen) atoms. The molecule has 1 N–H and O–H groups in total. The Balaban J connectivity index is 2.04. The van der Waals surface area contributed by atoms with E-state index in [1.807, 2.05) is 6.92 Å². The first-order chi connectivity index (χ1) is 11.5. The third-order valence-electron chi connectivity index (χ3n) is 3.69. The molecule has 7 heteroatoms. The number of ether oxygens (including phenoxy) is 1. The SMILES string of the molecule is CCc1cc(=O)oc2nc(O[C@@H](C)c3ccccc3F)[nH]c(=O)c12. The molecule has 0 spiro atoms. The Morgan fingerprint density at radius 2 is 2.08 bits per heavy atom. The van der Waals surface area contributed by atoms with E-state index in [0.717, 1.165) is 0 Å². The molecule has 0 bridgehead atoms. The lowest BCUT2D eigenvalue weighted by Gasteiger charge is -2.14. The van der Waals surface area contributed by atoms with Gasteiger partial charge in [0.2, 0.25) is 5.71 Å². The zero-order valence-electron chi connectivity index (χ0n) is 13.1. The van der Waals surface area contributed by atoms with Crippen molar-refractivity contribution in [1.82, 2.24) is 9.97 Å². The first kappa shape index (κ1) is 15.9. The van der Waals surface area contributed by atoms with Gasteiger partial charge in [-0.05, 0) is 25.0 Å². The topological polar surface area (TPSA) is 85.2 Å². The summed E-state index contributed by atoms with van der Waals surface area (Å²) < 4.78 is 24.3. The number of fused-ring (bicyclic) bond motifs is 1. The van der Waals surface area contributed by atoms with Crippen molar-refractivity contribution in [2.75, 3.05) is 0 Å². The van der Waals surface area contributed by atoms with Crippen molar-refractivity contribution in [3.63, 3.8) is 0 Å². The lowest BCUT2D eigenvalue weighted by atomic mass is 10.1. The summed E-state index contributed by atoms with van der Waals surface area (Å²) in [7, 11) is 0. The number of aryl methyl sites for hydroxylation is 1. The van der Waals surface area contributed by atoms with Gasteiger partial charge in [-0.25, -0.2) is 9.18 Å². The van der Waals surface area contributed by atoms with Gasteiger partial charge in [0.05, 0.1) is 0 Å². The first-order valence-electron chi connectivity index (χ1n) is 7.47. The van der Waals surface area contributed by atoms with E-state index < -0.39 is 23.1 Å². The van der Waals surface area contributed by atoms with Gasteiger partial charge in [0, 0.05) is 11.6 Å². The standard InChI is InChI=1S/C17H15FN2O4/c1-3-10-8-13(21)24-16-14(10)15(22)19-17(20-16)23-9(2)11-6-4-5-7-12(11)18/h4-9H,3H2,1-2H3,(H,19,20,22)/t9-/m0/s1. The van der Waals surface area contributed by atoms with Crippen molar-refractivity contribution in [2.24, 2.45) is 0 Å². The lowest BCUT2D eigenvalue weighted by Crippen LogP contribution is -2.16. The summed E-state index contributed by atoms with van der Waals surface area (Å²) in [6, 6.07) is 7.28. The molecule has 2 heterocycles. The number of hydrogen-bond acceptors (Lipinski definition) is 5. The molecule has 3 rings (SSSR count). The number of nitrogens with one attached hydrogen (secondary N) is 1. The van der Waals surface area contributed by atoms with Gasteiger partial charge in [0.25, 0.3) is 11.6 Å². The monoisotopic (exact) mass is 330 g/mol. The highest BCUT2D eigenvalue weighted by Crippen LogP contribution is 2.22. The number of H-pyrrole nitrogens is 1. The lowest BCUT2D eigenvalue weighted by molar-refractivity contribution is 0.202. The van der Waals surface area contributed by atoms with E-state index >= 15 is 0 Å². The molecule has 1 atom stereocenters. The van der Waals surface area contributed by atoms with Crippen LogP contribution in [0.1, 0.15) is 31.1 Å². The number of aromatic nitrogens is 2. The first-order valence-corrected chi connectivity index (χ1v) is 7.47. The van der Waals surface area contributed by atoms with Crippen LogP contribution in [0.2, 0.25) is 0 Å². The van der Waals surface area contributed by atoms with Crippen LogP contribution in [0, 0.1) is 5.82 Å². The predicted molar refractivity (Wildman–Crippen MR) is 85.7 cm³/mol. The van der Waals surface area contributed by atoms with Crippen molar-refractivity contribution in [2.45, 2.75) is 26.4 Å². The van der Waals surface area contributed by atoms with E-state index in [1.165, 1.54) is 12.1 Å². The molecule has 124 valence electrons. The van der Waals surface area contributed by atoms with Crippen LogP contribution in [0.15, 0.2) is 44.3 Å². The Hall–Kier alpha value is -2.96. The Labute approximate surface area is 135 Å². The quantitative estimate of drug-likeness (QED) is 0.795. The van der Waals surface area contributed by atoms with Crippen LogP contribution >= 0.6 is 0 Å². The predicted octanol–water partition coefficient (Wildman–Crippen LogP) is 2.72. The number of benzene rings is 1. The number of aromatic amines is 1. The van der Waals surface area contributed by atoms with Crippen molar-refractivity contribution < 1.29 is 13.5 Å². The number of hydrogen-bond donors (Lipinski definition) is 1. The van der Waals surface area contributed by atoms with Crippen molar-refractivity contribution in [1.29, 1.82) is 0 Å². The fraction of sp³-hybridized carbons (Fsp3) is 0.235. The smallest absolute Gasteiger partial charge is 0.337 e. The minimum atomic E-state index is -0.687. The minimum absolute atomic E-state index is 0.0983. The second-order valence-corrected chi connectivity index (χ2v) is 5.28. The zero-order valence-corrected chi connectivity index (χ0v) is 13.1. The number of nitrogens with zero attached hydrogens (tertiary/aromatic N) is 1. The molecule has 6 nitrogen and oxygen atoms in total. The summed E-state index contributed by atoms with van der Waals surface area (Å²) in [6.07, 6.45) is -0.202. The highest BCUT2D eigenvalue weighted by molar-refractivity contribution is 5.75. The molecule has 0 aliphatic heterocycles. The van der Waals surface area contributed by atoms with E-state index in [-0.39, 0.29) is 17.1 Å². The molecule has 0 saturated heterocycles. The van der Waals surface area contributed by atoms with Gasteiger partial charge in [-0.1, -0.05) is 25.1 Å². The van der Waals surface area contributed by atoms with Crippen molar-refractivity contribution in [3.05, 3.63) is 68.0 Å². The summed E-state index contributed by atoms with van der Waals surface area (Å²) in [6.45, 7) is 3.44. The molecular weight excluding hydrogens is 315 g/mol.